The van der Waals surface area contributed by atoms with Gasteiger partial charge in [0, 0.05) is 12.1 Å². The van der Waals surface area contributed by atoms with Gasteiger partial charge in [-0.2, -0.15) is 18.3 Å². The van der Waals surface area contributed by atoms with Crippen molar-refractivity contribution in [1.82, 2.24) is 15.1 Å². The standard InChI is InChI=1S/C21H20F3N5O3.C2H6/c1-32-15-5-3-2-4-14(15)20(31)27-10-12-6-8-13(9-7-12)17-16(19(26)30)18(25)29(28-17)11-21(22,23)24;1-2/h2-9H,10-11,25H2,1H3,(H2,26,30)(H,27,31);1-2H3. The second-order valence-corrected chi connectivity index (χ2v) is 6.83. The number of ether oxygens (including phenoxy) is 1. The minimum absolute atomic E-state index is 0.0520. The van der Waals surface area contributed by atoms with Gasteiger partial charge in [-0.1, -0.05) is 50.2 Å². The minimum atomic E-state index is -4.57. The Morgan fingerprint density at radius 1 is 1.09 bits per heavy atom. The first-order chi connectivity index (χ1) is 16.1. The van der Waals surface area contributed by atoms with Crippen LogP contribution in [0.1, 0.15) is 40.1 Å². The van der Waals surface area contributed by atoms with Gasteiger partial charge < -0.3 is 21.5 Å². The normalized spacial score (nSPS) is 10.8. The zero-order valence-corrected chi connectivity index (χ0v) is 18.9. The number of rotatable bonds is 7. The first kappa shape index (κ1) is 26.2. The summed E-state index contributed by atoms with van der Waals surface area (Å²) in [5.41, 5.74) is 12.1. The van der Waals surface area contributed by atoms with Crippen LogP contribution in [0.15, 0.2) is 48.5 Å². The van der Waals surface area contributed by atoms with Gasteiger partial charge in [-0.15, -0.1) is 0 Å². The molecule has 2 aromatic carbocycles. The molecule has 1 heterocycles. The predicted octanol–water partition coefficient (Wildman–Crippen LogP) is 3.76. The maximum atomic E-state index is 12.8. The Balaban J connectivity index is 0.00000199. The lowest BCUT2D eigenvalue weighted by molar-refractivity contribution is -0.142. The molecular weight excluding hydrogens is 451 g/mol. The third-order valence-electron chi connectivity index (χ3n) is 4.60. The molecule has 0 unspecified atom stereocenters. The van der Waals surface area contributed by atoms with Crippen LogP contribution in [0.2, 0.25) is 0 Å². The number of nitrogens with one attached hydrogen (secondary N) is 1. The number of para-hydroxylation sites is 1. The van der Waals surface area contributed by atoms with E-state index in [1.54, 1.807) is 48.5 Å². The number of anilines is 1. The summed E-state index contributed by atoms with van der Waals surface area (Å²) in [4.78, 5) is 24.2. The number of nitrogens with two attached hydrogens (primary N) is 2. The fourth-order valence-corrected chi connectivity index (χ4v) is 3.10. The van der Waals surface area contributed by atoms with E-state index in [-0.39, 0.29) is 23.7 Å². The van der Waals surface area contributed by atoms with Crippen molar-refractivity contribution in [3.05, 3.63) is 65.2 Å². The largest absolute Gasteiger partial charge is 0.496 e. The molecule has 8 nitrogen and oxygen atoms in total. The Bertz CT molecular complexity index is 1140. The highest BCUT2D eigenvalue weighted by Crippen LogP contribution is 2.29. The van der Waals surface area contributed by atoms with Crippen molar-refractivity contribution < 1.29 is 27.5 Å². The van der Waals surface area contributed by atoms with E-state index >= 15 is 0 Å². The van der Waals surface area contributed by atoms with Crippen molar-refractivity contribution in [3.8, 4) is 17.0 Å². The monoisotopic (exact) mass is 477 g/mol. The fraction of sp³-hybridized carbons (Fsp3) is 0.261. The highest BCUT2D eigenvalue weighted by atomic mass is 19.4. The Morgan fingerprint density at radius 3 is 2.26 bits per heavy atom. The average molecular weight is 477 g/mol. The van der Waals surface area contributed by atoms with Crippen LogP contribution in [-0.2, 0) is 13.1 Å². The topological polar surface area (TPSA) is 125 Å². The first-order valence-corrected chi connectivity index (χ1v) is 10.3. The van der Waals surface area contributed by atoms with Gasteiger partial charge in [0.05, 0.1) is 12.7 Å². The smallest absolute Gasteiger partial charge is 0.408 e. The molecule has 1 aromatic heterocycles. The van der Waals surface area contributed by atoms with Crippen LogP contribution in [0.25, 0.3) is 11.3 Å². The number of halogens is 3. The van der Waals surface area contributed by atoms with Crippen molar-refractivity contribution >= 4 is 17.6 Å². The van der Waals surface area contributed by atoms with E-state index in [0.717, 1.165) is 0 Å². The molecule has 182 valence electrons. The summed E-state index contributed by atoms with van der Waals surface area (Å²) in [6, 6.07) is 13.1. The number of alkyl halides is 3. The molecule has 0 aliphatic carbocycles. The van der Waals surface area contributed by atoms with E-state index in [1.165, 1.54) is 7.11 Å². The minimum Gasteiger partial charge on any atom is -0.496 e. The van der Waals surface area contributed by atoms with Crippen molar-refractivity contribution in [1.29, 1.82) is 0 Å². The quantitative estimate of drug-likeness (QED) is 0.478. The highest BCUT2D eigenvalue weighted by Gasteiger charge is 2.32. The number of amides is 2. The van der Waals surface area contributed by atoms with E-state index in [4.69, 9.17) is 16.2 Å². The lowest BCUT2D eigenvalue weighted by Crippen LogP contribution is -2.23. The highest BCUT2D eigenvalue weighted by molar-refractivity contribution is 6.03. The summed E-state index contributed by atoms with van der Waals surface area (Å²) < 4.78 is 44.0. The Morgan fingerprint density at radius 2 is 1.71 bits per heavy atom. The molecule has 0 saturated heterocycles. The molecule has 34 heavy (non-hydrogen) atoms. The van der Waals surface area contributed by atoms with Crippen LogP contribution in [0.4, 0.5) is 19.0 Å². The number of benzene rings is 2. The van der Waals surface area contributed by atoms with Gasteiger partial charge in [0.25, 0.3) is 11.8 Å². The average Bonchev–Trinajstić information content (AvgIpc) is 3.13. The lowest BCUT2D eigenvalue weighted by Gasteiger charge is -2.09. The second kappa shape index (κ2) is 11.2. The molecule has 0 bridgehead atoms. The number of carbonyl (C=O) groups is 2. The van der Waals surface area contributed by atoms with Gasteiger partial charge in [0.15, 0.2) is 0 Å². The molecule has 0 aliphatic rings. The molecule has 3 aromatic rings. The van der Waals surface area contributed by atoms with E-state index < -0.39 is 24.4 Å². The maximum Gasteiger partial charge on any atom is 0.408 e. The van der Waals surface area contributed by atoms with Crippen LogP contribution in [0.5, 0.6) is 5.75 Å². The molecular formula is C23H26F3N5O3. The zero-order chi connectivity index (χ0) is 25.5. The molecule has 11 heteroatoms. The fourth-order valence-electron chi connectivity index (χ4n) is 3.10. The third kappa shape index (κ3) is 6.27. The second-order valence-electron chi connectivity index (χ2n) is 6.83. The van der Waals surface area contributed by atoms with Gasteiger partial charge in [0.1, 0.15) is 29.4 Å². The van der Waals surface area contributed by atoms with E-state index in [2.05, 4.69) is 10.4 Å². The van der Waals surface area contributed by atoms with Crippen LogP contribution in [0.3, 0.4) is 0 Å². The van der Waals surface area contributed by atoms with Crippen LogP contribution in [0, 0.1) is 0 Å². The number of aromatic nitrogens is 2. The van der Waals surface area contributed by atoms with Crippen LogP contribution in [-0.4, -0.2) is 34.9 Å². The molecule has 0 radical (unpaired) electrons. The molecule has 0 saturated carbocycles. The van der Waals surface area contributed by atoms with Gasteiger partial charge >= 0.3 is 6.18 Å². The number of primary amides is 1. The molecule has 2 amide bonds. The predicted molar refractivity (Wildman–Crippen MR) is 122 cm³/mol. The van der Waals surface area contributed by atoms with E-state index in [1.807, 2.05) is 13.8 Å². The molecule has 5 N–H and O–H groups in total. The van der Waals surface area contributed by atoms with Crippen LogP contribution >= 0.6 is 0 Å². The summed E-state index contributed by atoms with van der Waals surface area (Å²) in [6.45, 7) is 2.73. The van der Waals surface area contributed by atoms with Crippen molar-refractivity contribution in [3.63, 3.8) is 0 Å². The van der Waals surface area contributed by atoms with Crippen molar-refractivity contribution in [2.45, 2.75) is 33.1 Å². The molecule has 3 rings (SSSR count). The number of carbonyl (C=O) groups excluding carboxylic acids is 2. The van der Waals surface area contributed by atoms with Gasteiger partial charge in [0.2, 0.25) is 0 Å². The molecule has 0 aliphatic heterocycles. The van der Waals surface area contributed by atoms with Gasteiger partial charge in [-0.25, -0.2) is 4.68 Å². The van der Waals surface area contributed by atoms with Gasteiger partial charge in [-0.05, 0) is 17.7 Å². The number of nitrogens with zero attached hydrogens (tertiary/aromatic N) is 2. The summed E-state index contributed by atoms with van der Waals surface area (Å²) >= 11 is 0. The Kier molecular flexibility index (Phi) is 8.65. The SMILES string of the molecule is CC.COc1ccccc1C(=O)NCc1ccc(-c2nn(CC(F)(F)F)c(N)c2C(N)=O)cc1. The summed E-state index contributed by atoms with van der Waals surface area (Å²) in [5.74, 6) is -1.34. The molecule has 0 spiro atoms. The first-order valence-electron chi connectivity index (χ1n) is 10.3. The number of hydrogen-bond donors (Lipinski definition) is 3. The Hall–Kier alpha value is -4.02. The summed E-state index contributed by atoms with van der Waals surface area (Å²) in [7, 11) is 1.47. The number of hydrogen-bond acceptors (Lipinski definition) is 5. The zero-order valence-electron chi connectivity index (χ0n) is 18.9. The summed E-state index contributed by atoms with van der Waals surface area (Å²) in [5, 5.41) is 6.60. The van der Waals surface area contributed by atoms with E-state index in [0.29, 0.717) is 27.1 Å². The van der Waals surface area contributed by atoms with Crippen molar-refractivity contribution in [2.24, 2.45) is 5.73 Å². The van der Waals surface area contributed by atoms with Crippen molar-refractivity contribution in [2.75, 3.05) is 12.8 Å². The molecule has 0 atom stereocenters. The van der Waals surface area contributed by atoms with E-state index in [9.17, 15) is 22.8 Å². The maximum absolute atomic E-state index is 12.8. The summed E-state index contributed by atoms with van der Waals surface area (Å²) in [6.07, 6.45) is -4.57. The van der Waals surface area contributed by atoms with Crippen LogP contribution < -0.4 is 21.5 Å². The van der Waals surface area contributed by atoms with Gasteiger partial charge in [-0.3, -0.25) is 9.59 Å². The number of methoxy groups -OCH3 is 1. The lowest BCUT2D eigenvalue weighted by atomic mass is 10.0. The third-order valence-corrected chi connectivity index (χ3v) is 4.60. The molecule has 0 fully saturated rings. The Labute approximate surface area is 194 Å². The number of nitrogen functional groups attached to an aromatic ring is 1.